The molecule has 14 atom stereocenters. The fourth-order valence-electron chi connectivity index (χ4n) is 9.48. The number of aromatic nitrogens is 1. The largest absolute Gasteiger partial charge is 0.477 e. The van der Waals surface area contributed by atoms with Gasteiger partial charge in [0.1, 0.15) is 29.3 Å². The molecule has 20 heteroatoms. The predicted octanol–water partition coefficient (Wildman–Crippen LogP) is 1.94. The van der Waals surface area contributed by atoms with Crippen molar-refractivity contribution in [2.75, 3.05) is 45.7 Å². The van der Waals surface area contributed by atoms with Crippen LogP contribution in [0, 0.1) is 23.6 Å². The highest BCUT2D eigenvalue weighted by Crippen LogP contribution is 2.39. The van der Waals surface area contributed by atoms with Crippen LogP contribution in [0.4, 0.5) is 10.1 Å². The topological polar surface area (TPSA) is 268 Å². The number of hydrogen-bond donors (Lipinski definition) is 8. The van der Waals surface area contributed by atoms with Gasteiger partial charge in [-0.05, 0) is 93.0 Å². The van der Waals surface area contributed by atoms with E-state index in [4.69, 9.17) is 18.9 Å². The number of aromatic carboxylic acids is 1. The number of esters is 1. The molecular formula is C47H72FN5O14. The molecular weight excluding hydrogens is 878 g/mol. The van der Waals surface area contributed by atoms with Gasteiger partial charge in [-0.15, -0.1) is 0 Å². The van der Waals surface area contributed by atoms with E-state index in [-0.39, 0.29) is 62.3 Å². The Morgan fingerprint density at radius 2 is 1.73 bits per heavy atom. The van der Waals surface area contributed by atoms with E-state index >= 15 is 4.39 Å². The van der Waals surface area contributed by atoms with Crippen molar-refractivity contribution in [2.45, 2.75) is 160 Å². The quantitative estimate of drug-likeness (QED) is 0.0720. The number of rotatable bonds is 15. The van der Waals surface area contributed by atoms with E-state index in [0.29, 0.717) is 11.9 Å². The number of hydrogen-bond acceptors (Lipinski definition) is 16. The summed E-state index contributed by atoms with van der Waals surface area (Å²) in [4.78, 5) is 68.5. The maximum absolute atomic E-state index is 15.8. The second-order valence-corrected chi connectivity index (χ2v) is 19.5. The summed E-state index contributed by atoms with van der Waals surface area (Å²) in [5.74, 6) is -8.33. The van der Waals surface area contributed by atoms with Crippen LogP contribution in [0.3, 0.4) is 0 Å². The number of nitrogens with one attached hydrogen (secondary N) is 3. The summed E-state index contributed by atoms with van der Waals surface area (Å²) in [7, 11) is 3.61. The van der Waals surface area contributed by atoms with Gasteiger partial charge in [0.05, 0.1) is 59.1 Å². The highest BCUT2D eigenvalue weighted by atomic mass is 19.1. The number of cyclic esters (lactones) is 1. The molecule has 1 unspecified atom stereocenters. The average molecular weight is 950 g/mol. The van der Waals surface area contributed by atoms with Crippen molar-refractivity contribution in [1.82, 2.24) is 20.1 Å². The Morgan fingerprint density at radius 1 is 1.06 bits per heavy atom. The van der Waals surface area contributed by atoms with Crippen LogP contribution in [0.2, 0.25) is 0 Å². The molecule has 1 aromatic heterocycles. The Labute approximate surface area is 390 Å². The van der Waals surface area contributed by atoms with Gasteiger partial charge in [0.25, 0.3) is 0 Å². The molecule has 3 fully saturated rings. The minimum atomic E-state index is -2.09. The molecule has 2 aliphatic heterocycles. The normalized spacial score (nSPS) is 34.3. The minimum Gasteiger partial charge on any atom is -0.477 e. The maximum atomic E-state index is 15.8. The zero-order valence-corrected chi connectivity index (χ0v) is 40.3. The Bertz CT molecular complexity index is 2150. The molecule has 0 bridgehead atoms. The minimum absolute atomic E-state index is 0.00568. The molecule has 2 aromatic rings. The molecule has 1 aliphatic carbocycles. The number of carbonyl (C=O) groups is 4. The summed E-state index contributed by atoms with van der Waals surface area (Å²) >= 11 is 0. The number of nitrogens with zero attached hydrogens (tertiary/aromatic N) is 2. The Hall–Kier alpha value is -4.12. The summed E-state index contributed by atoms with van der Waals surface area (Å²) in [5, 5.41) is 63.8. The lowest BCUT2D eigenvalue weighted by atomic mass is 9.79. The third-order valence-corrected chi connectivity index (χ3v) is 13.6. The van der Waals surface area contributed by atoms with E-state index in [1.165, 1.54) is 40.0 Å². The molecule has 1 saturated carbocycles. The van der Waals surface area contributed by atoms with E-state index in [1.54, 1.807) is 45.5 Å². The van der Waals surface area contributed by atoms with Crippen LogP contribution in [0.15, 0.2) is 23.1 Å². The molecule has 0 radical (unpaired) electrons. The van der Waals surface area contributed by atoms with Crippen LogP contribution in [-0.4, -0.2) is 165 Å². The number of ether oxygens (including phenoxy) is 4. The van der Waals surface area contributed by atoms with E-state index in [1.807, 2.05) is 11.8 Å². The van der Waals surface area contributed by atoms with E-state index < -0.39 is 118 Å². The van der Waals surface area contributed by atoms with Crippen molar-refractivity contribution in [3.8, 4) is 0 Å². The van der Waals surface area contributed by atoms with Gasteiger partial charge in [-0.2, -0.15) is 0 Å². The third kappa shape index (κ3) is 12.2. The van der Waals surface area contributed by atoms with Gasteiger partial charge in [0, 0.05) is 49.9 Å². The van der Waals surface area contributed by atoms with Crippen molar-refractivity contribution >= 4 is 40.2 Å². The predicted molar refractivity (Wildman–Crippen MR) is 244 cm³/mol. The Kier molecular flexibility index (Phi) is 17.8. The lowest BCUT2D eigenvalue weighted by Crippen LogP contribution is -2.60. The number of fused-ring (bicyclic) bond motifs is 1. The summed E-state index contributed by atoms with van der Waals surface area (Å²) in [6.45, 7) is 12.3. The zero-order valence-electron chi connectivity index (χ0n) is 40.3. The standard InChI is InChI=1S/C47H72FN5O14/c1-11-34-47(8,63)40(58)27(6)42(59)51-23(2)19-46(7,41(25(4)37(55)26(5)44(62)66-34)67-45-39(57)33(52(9)10)18-24(3)65-45)64-22-29(54)20-49-16-17-50-31-14-15-32-35(36(31)48)38(56)30(43(60)61)21-53(32)28-12-13-28/h14-15,21,23-29,33-34,39-41,45,49-50,54,57-58,63H,11-13,16-20,22H2,1-10H3,(H,51,59)(H,60,61)/t23-,24-,25+,26-,27-,29?,33+,34-,39-,40+,41-,45+,46-,47+/m1/s1. The molecule has 376 valence electrons. The molecule has 1 aromatic carbocycles. The van der Waals surface area contributed by atoms with Crippen molar-refractivity contribution < 1.29 is 68.0 Å². The number of halogens is 1. The van der Waals surface area contributed by atoms with E-state index in [0.717, 1.165) is 12.8 Å². The third-order valence-electron chi connectivity index (χ3n) is 13.6. The molecule has 0 spiro atoms. The number of pyridine rings is 1. The molecule has 3 heterocycles. The monoisotopic (exact) mass is 950 g/mol. The van der Waals surface area contributed by atoms with Crippen LogP contribution in [0.1, 0.15) is 104 Å². The lowest BCUT2D eigenvalue weighted by molar-refractivity contribution is -0.298. The van der Waals surface area contributed by atoms with Gasteiger partial charge in [-0.3, -0.25) is 19.2 Å². The maximum Gasteiger partial charge on any atom is 0.341 e. The van der Waals surface area contributed by atoms with Crippen LogP contribution >= 0.6 is 0 Å². The van der Waals surface area contributed by atoms with Crippen LogP contribution < -0.4 is 21.4 Å². The van der Waals surface area contributed by atoms with Crippen molar-refractivity contribution in [1.29, 1.82) is 0 Å². The molecule has 19 nitrogen and oxygen atoms in total. The number of benzene rings is 1. The molecule has 3 aliphatic rings. The number of Topliss-reactive ketones (excluding diaryl/α,β-unsaturated/α-hetero) is 1. The van der Waals surface area contributed by atoms with Crippen molar-refractivity contribution in [2.24, 2.45) is 17.8 Å². The summed E-state index contributed by atoms with van der Waals surface area (Å²) in [6, 6.07) is 1.90. The molecule has 1 amide bonds. The van der Waals surface area contributed by atoms with Gasteiger partial charge in [-0.25, -0.2) is 9.18 Å². The zero-order chi connectivity index (χ0) is 49.9. The molecule has 67 heavy (non-hydrogen) atoms. The number of ketones is 1. The Balaban J connectivity index is 1.37. The fraction of sp³-hybridized carbons (Fsp3) is 0.723. The fourth-order valence-corrected chi connectivity index (χ4v) is 9.48. The Morgan fingerprint density at radius 3 is 2.34 bits per heavy atom. The first-order valence-corrected chi connectivity index (χ1v) is 23.3. The van der Waals surface area contributed by atoms with Crippen molar-refractivity contribution in [3.05, 3.63) is 39.9 Å². The first-order valence-electron chi connectivity index (χ1n) is 23.3. The first-order chi connectivity index (χ1) is 31.3. The summed E-state index contributed by atoms with van der Waals surface area (Å²) < 4.78 is 42.5. The number of anilines is 1. The lowest BCUT2D eigenvalue weighted by Gasteiger charge is -2.47. The second kappa shape index (κ2) is 22.1. The van der Waals surface area contributed by atoms with Gasteiger partial charge in [0.15, 0.2) is 17.9 Å². The molecule has 5 rings (SSSR count). The number of likely N-dealkylation sites (N-methyl/N-ethyl adjacent to an activating group) is 1. The first kappa shape index (κ1) is 53.8. The van der Waals surface area contributed by atoms with Gasteiger partial charge in [-0.1, -0.05) is 20.8 Å². The number of aliphatic hydroxyl groups is 4. The highest BCUT2D eigenvalue weighted by molar-refractivity contribution is 6.00. The number of carbonyl (C=O) groups excluding carboxylic acids is 3. The average Bonchev–Trinajstić information content (AvgIpc) is 4.12. The molecule has 8 N–H and O–H groups in total. The van der Waals surface area contributed by atoms with Crippen LogP contribution in [0.5, 0.6) is 0 Å². The number of aliphatic hydroxyl groups excluding tert-OH is 3. The number of amides is 1. The number of carboxylic acid groups (broad SMARTS) is 1. The van der Waals surface area contributed by atoms with E-state index in [9.17, 15) is 49.5 Å². The van der Waals surface area contributed by atoms with Gasteiger partial charge < -0.3 is 69.9 Å². The second-order valence-electron chi connectivity index (χ2n) is 19.5. The smallest absolute Gasteiger partial charge is 0.341 e. The summed E-state index contributed by atoms with van der Waals surface area (Å²) in [6.07, 6.45) is -5.02. The van der Waals surface area contributed by atoms with E-state index in [2.05, 4.69) is 16.0 Å². The van der Waals surface area contributed by atoms with Gasteiger partial charge in [0.2, 0.25) is 11.3 Å². The summed E-state index contributed by atoms with van der Waals surface area (Å²) in [5.41, 5.74) is -4.79. The SMILES string of the molecule is CC[C@H]1OC(=O)[C@H](C)C(=O)[C@H](C)[C@@H](O[C@@H]2O[C@H](C)C[C@H](N(C)C)[C@H]2O)[C@](C)(OCC(O)CNCCNc2ccc3c(c2F)c(=O)c(C(=O)O)cn3C2CC2)C[C@@H](C)NC(=O)[C@H](C)[C@H](O)[C@@]1(C)O. The number of carboxylic acids is 1. The van der Waals surface area contributed by atoms with Crippen LogP contribution in [0.25, 0.3) is 10.9 Å². The highest BCUT2D eigenvalue weighted by Gasteiger charge is 2.51. The van der Waals surface area contributed by atoms with Gasteiger partial charge >= 0.3 is 11.9 Å². The molecule has 2 saturated heterocycles. The van der Waals surface area contributed by atoms with Crippen LogP contribution in [-0.2, 0) is 33.3 Å². The van der Waals surface area contributed by atoms with Crippen molar-refractivity contribution in [3.63, 3.8) is 0 Å².